The molecule has 0 spiro atoms. The maximum absolute atomic E-state index is 12.1. The Hall–Kier alpha value is -2.15. The molecule has 0 aliphatic carbocycles. The van der Waals surface area contributed by atoms with Gasteiger partial charge < -0.3 is 5.11 Å². The van der Waals surface area contributed by atoms with Crippen LogP contribution < -0.4 is 0 Å². The fraction of sp³-hybridized carbons (Fsp3) is 0.231. The van der Waals surface area contributed by atoms with Crippen LogP contribution in [0.5, 0.6) is 0 Å². The van der Waals surface area contributed by atoms with Crippen LogP contribution in [0.15, 0.2) is 41.4 Å². The Morgan fingerprint density at radius 1 is 1.25 bits per heavy atom. The van der Waals surface area contributed by atoms with Gasteiger partial charge in [-0.2, -0.15) is 5.10 Å². The molecular formula is C13H14N2O4S. The molecule has 6 nitrogen and oxygen atoms in total. The average Bonchev–Trinajstić information content (AvgIpc) is 2.82. The van der Waals surface area contributed by atoms with Crippen LogP contribution in [-0.4, -0.2) is 35.0 Å². The van der Waals surface area contributed by atoms with Crippen molar-refractivity contribution in [3.05, 3.63) is 47.8 Å². The van der Waals surface area contributed by atoms with Gasteiger partial charge in [-0.15, -0.1) is 0 Å². The maximum Gasteiger partial charge on any atom is 0.335 e. The minimum absolute atomic E-state index is 0.0619. The number of rotatable bonds is 5. The first-order valence-electron chi connectivity index (χ1n) is 5.95. The number of hydrogen-bond acceptors (Lipinski definition) is 4. The Kier molecular flexibility index (Phi) is 3.89. The summed E-state index contributed by atoms with van der Waals surface area (Å²) in [4.78, 5) is 10.8. The zero-order valence-corrected chi connectivity index (χ0v) is 11.7. The summed E-state index contributed by atoms with van der Waals surface area (Å²) in [5.74, 6) is -1.16. The number of nitrogens with zero attached hydrogens (tertiary/aromatic N) is 2. The summed E-state index contributed by atoms with van der Waals surface area (Å²) in [6.07, 6.45) is 1.61. The first-order chi connectivity index (χ1) is 9.40. The highest BCUT2D eigenvalue weighted by Gasteiger charge is 2.15. The standard InChI is InChI=1S/C13H14N2O4S/c1-10-6-7-14-15(10)8-9-20(18,19)12-4-2-11(3-5-12)13(16)17/h2-7H,8-9H2,1H3,(H,16,17). The molecule has 106 valence electrons. The molecule has 7 heteroatoms. The molecule has 2 rings (SSSR count). The van der Waals surface area contributed by atoms with Gasteiger partial charge in [-0.25, -0.2) is 13.2 Å². The highest BCUT2D eigenvalue weighted by Crippen LogP contribution is 2.13. The molecule has 1 N–H and O–H groups in total. The Morgan fingerprint density at radius 2 is 1.90 bits per heavy atom. The normalized spacial score (nSPS) is 11.4. The van der Waals surface area contributed by atoms with Crippen molar-refractivity contribution in [3.8, 4) is 0 Å². The largest absolute Gasteiger partial charge is 0.478 e. The van der Waals surface area contributed by atoms with Gasteiger partial charge in [0.25, 0.3) is 0 Å². The molecule has 0 saturated heterocycles. The lowest BCUT2D eigenvalue weighted by molar-refractivity contribution is 0.0696. The van der Waals surface area contributed by atoms with Crippen LogP contribution in [-0.2, 0) is 16.4 Å². The summed E-state index contributed by atoms with van der Waals surface area (Å²) in [6, 6.07) is 7.00. The van der Waals surface area contributed by atoms with Crippen molar-refractivity contribution >= 4 is 15.8 Å². The lowest BCUT2D eigenvalue weighted by atomic mass is 10.2. The van der Waals surface area contributed by atoms with Gasteiger partial charge >= 0.3 is 5.97 Å². The summed E-state index contributed by atoms with van der Waals surface area (Å²) in [6.45, 7) is 2.11. The third-order valence-electron chi connectivity index (χ3n) is 2.96. The van der Waals surface area contributed by atoms with E-state index in [9.17, 15) is 13.2 Å². The Morgan fingerprint density at radius 3 is 2.40 bits per heavy atom. The molecule has 0 unspecified atom stereocenters. The van der Waals surface area contributed by atoms with E-state index < -0.39 is 15.8 Å². The van der Waals surface area contributed by atoms with Crippen LogP contribution >= 0.6 is 0 Å². The Bertz CT molecular complexity index is 717. The molecule has 1 heterocycles. The van der Waals surface area contributed by atoms with Crippen LogP contribution in [0.3, 0.4) is 0 Å². The number of sulfone groups is 1. The molecule has 2 aromatic rings. The molecule has 0 fully saturated rings. The number of aromatic nitrogens is 2. The van der Waals surface area contributed by atoms with E-state index in [2.05, 4.69) is 5.10 Å². The molecule has 0 aliphatic rings. The highest BCUT2D eigenvalue weighted by atomic mass is 32.2. The van der Waals surface area contributed by atoms with Gasteiger partial charge in [0.1, 0.15) is 0 Å². The molecular weight excluding hydrogens is 280 g/mol. The van der Waals surface area contributed by atoms with Crippen LogP contribution in [0.25, 0.3) is 0 Å². The molecule has 0 aliphatic heterocycles. The molecule has 0 saturated carbocycles. The zero-order chi connectivity index (χ0) is 14.8. The summed E-state index contributed by atoms with van der Waals surface area (Å²) >= 11 is 0. The van der Waals surface area contributed by atoms with Gasteiger partial charge in [0.2, 0.25) is 0 Å². The monoisotopic (exact) mass is 294 g/mol. The third kappa shape index (κ3) is 3.05. The van der Waals surface area contributed by atoms with Gasteiger partial charge in [0, 0.05) is 11.9 Å². The van der Waals surface area contributed by atoms with E-state index >= 15 is 0 Å². The van der Waals surface area contributed by atoms with Gasteiger partial charge in [-0.3, -0.25) is 4.68 Å². The predicted molar refractivity (Wildman–Crippen MR) is 72.4 cm³/mol. The van der Waals surface area contributed by atoms with Crippen molar-refractivity contribution in [2.45, 2.75) is 18.4 Å². The van der Waals surface area contributed by atoms with Crippen molar-refractivity contribution in [2.75, 3.05) is 5.75 Å². The van der Waals surface area contributed by atoms with Gasteiger partial charge in [0.05, 0.1) is 22.8 Å². The molecule has 0 radical (unpaired) electrons. The van der Waals surface area contributed by atoms with Gasteiger partial charge in [-0.05, 0) is 37.3 Å². The number of hydrogen-bond donors (Lipinski definition) is 1. The minimum Gasteiger partial charge on any atom is -0.478 e. The second-order valence-electron chi connectivity index (χ2n) is 4.34. The number of carbonyl (C=O) groups is 1. The van der Waals surface area contributed by atoms with Crippen LogP contribution in [0.4, 0.5) is 0 Å². The van der Waals surface area contributed by atoms with Crippen molar-refractivity contribution < 1.29 is 18.3 Å². The number of aromatic carboxylic acids is 1. The molecule has 0 atom stereocenters. The predicted octanol–water partition coefficient (Wildman–Crippen LogP) is 1.36. The lowest BCUT2D eigenvalue weighted by Crippen LogP contribution is -2.15. The quantitative estimate of drug-likeness (QED) is 0.899. The average molecular weight is 294 g/mol. The zero-order valence-electron chi connectivity index (χ0n) is 10.9. The first kappa shape index (κ1) is 14.3. The smallest absolute Gasteiger partial charge is 0.335 e. The summed E-state index contributed by atoms with van der Waals surface area (Å²) < 4.78 is 25.9. The van der Waals surface area contributed by atoms with Crippen LogP contribution in [0.2, 0.25) is 0 Å². The molecule has 1 aromatic heterocycles. The minimum atomic E-state index is -3.45. The van der Waals surface area contributed by atoms with E-state index in [4.69, 9.17) is 5.11 Å². The van der Waals surface area contributed by atoms with Crippen molar-refractivity contribution in [1.29, 1.82) is 0 Å². The SMILES string of the molecule is Cc1ccnn1CCS(=O)(=O)c1ccc(C(=O)O)cc1. The van der Waals surface area contributed by atoms with E-state index in [-0.39, 0.29) is 22.8 Å². The van der Waals surface area contributed by atoms with Crippen LogP contribution in [0.1, 0.15) is 16.1 Å². The van der Waals surface area contributed by atoms with Crippen LogP contribution in [0, 0.1) is 6.92 Å². The lowest BCUT2D eigenvalue weighted by Gasteiger charge is -2.06. The maximum atomic E-state index is 12.1. The number of carboxylic acid groups (broad SMARTS) is 1. The van der Waals surface area contributed by atoms with Gasteiger partial charge in [0.15, 0.2) is 9.84 Å². The summed E-state index contributed by atoms with van der Waals surface area (Å²) in [5, 5.41) is 12.8. The van der Waals surface area contributed by atoms with E-state index in [0.29, 0.717) is 0 Å². The van der Waals surface area contributed by atoms with Crippen molar-refractivity contribution in [2.24, 2.45) is 0 Å². The molecule has 20 heavy (non-hydrogen) atoms. The highest BCUT2D eigenvalue weighted by molar-refractivity contribution is 7.91. The third-order valence-corrected chi connectivity index (χ3v) is 4.67. The Balaban J connectivity index is 2.14. The second-order valence-corrected chi connectivity index (χ2v) is 6.45. The molecule has 0 amide bonds. The second kappa shape index (κ2) is 5.46. The number of carboxylic acids is 1. The van der Waals surface area contributed by atoms with Crippen molar-refractivity contribution in [3.63, 3.8) is 0 Å². The first-order valence-corrected chi connectivity index (χ1v) is 7.60. The van der Waals surface area contributed by atoms with E-state index in [1.54, 1.807) is 16.9 Å². The number of benzene rings is 1. The fourth-order valence-electron chi connectivity index (χ4n) is 1.76. The molecule has 1 aromatic carbocycles. The topological polar surface area (TPSA) is 89.3 Å². The van der Waals surface area contributed by atoms with E-state index in [1.165, 1.54) is 24.3 Å². The van der Waals surface area contributed by atoms with Crippen molar-refractivity contribution in [1.82, 2.24) is 9.78 Å². The summed E-state index contributed by atoms with van der Waals surface area (Å²) in [7, 11) is -3.45. The summed E-state index contributed by atoms with van der Waals surface area (Å²) in [5.41, 5.74) is 0.952. The van der Waals surface area contributed by atoms with Gasteiger partial charge in [-0.1, -0.05) is 0 Å². The fourth-order valence-corrected chi connectivity index (χ4v) is 2.96. The van der Waals surface area contributed by atoms with E-state index in [1.807, 2.05) is 6.92 Å². The molecule has 0 bridgehead atoms. The van der Waals surface area contributed by atoms with E-state index in [0.717, 1.165) is 5.69 Å². The Labute approximate surface area is 116 Å². The number of aryl methyl sites for hydroxylation is 2.